The fourth-order valence-electron chi connectivity index (χ4n) is 4.88. The summed E-state index contributed by atoms with van der Waals surface area (Å²) in [6, 6.07) is 19.7. The van der Waals surface area contributed by atoms with E-state index in [0.717, 1.165) is 36.2 Å². The number of amides is 1. The summed E-state index contributed by atoms with van der Waals surface area (Å²) < 4.78 is 4.22. The van der Waals surface area contributed by atoms with Gasteiger partial charge in [0.05, 0.1) is 12.9 Å². The highest BCUT2D eigenvalue weighted by Gasteiger charge is 2.25. The molecule has 2 aromatic heterocycles. The predicted octanol–water partition coefficient (Wildman–Crippen LogP) is 1.82. The maximum absolute atomic E-state index is 13.4. The quantitative estimate of drug-likeness (QED) is 0.410. The van der Waals surface area contributed by atoms with Crippen LogP contribution >= 0.6 is 0 Å². The molecule has 36 heavy (non-hydrogen) atoms. The zero-order valence-corrected chi connectivity index (χ0v) is 20.3. The number of nitrogens with one attached hydrogen (secondary N) is 1. The van der Waals surface area contributed by atoms with E-state index in [-0.39, 0.29) is 25.0 Å². The summed E-state index contributed by atoms with van der Waals surface area (Å²) in [4.78, 5) is 46.4. The van der Waals surface area contributed by atoms with Crippen LogP contribution in [0.1, 0.15) is 24.5 Å². The van der Waals surface area contributed by atoms with Crippen LogP contribution in [0.3, 0.4) is 0 Å². The highest BCUT2D eigenvalue weighted by Crippen LogP contribution is 2.14. The first kappa shape index (κ1) is 23.7. The summed E-state index contributed by atoms with van der Waals surface area (Å²) in [7, 11) is 0. The van der Waals surface area contributed by atoms with Crippen molar-refractivity contribution in [3.8, 4) is 0 Å². The molecule has 0 aliphatic carbocycles. The number of aromatic nitrogens is 4. The molecule has 1 atom stereocenters. The number of rotatable bonds is 8. The Morgan fingerprint density at radius 1 is 0.972 bits per heavy atom. The molecule has 9 nitrogen and oxygen atoms in total. The van der Waals surface area contributed by atoms with Crippen molar-refractivity contribution in [3.63, 3.8) is 0 Å². The number of hydrogen-bond donors (Lipinski definition) is 1. The van der Waals surface area contributed by atoms with Crippen molar-refractivity contribution in [2.45, 2.75) is 45.6 Å². The van der Waals surface area contributed by atoms with Crippen LogP contribution in [0.5, 0.6) is 0 Å². The third kappa shape index (κ3) is 4.87. The fraction of sp³-hybridized carbons (Fsp3) is 0.333. The lowest BCUT2D eigenvalue weighted by Gasteiger charge is -2.17. The van der Waals surface area contributed by atoms with Crippen LogP contribution in [-0.2, 0) is 31.0 Å². The number of fused-ring (bicyclic) bond motifs is 1. The van der Waals surface area contributed by atoms with Crippen molar-refractivity contribution in [1.82, 2.24) is 28.9 Å². The maximum atomic E-state index is 13.4. The van der Waals surface area contributed by atoms with Crippen LogP contribution in [-0.4, -0.2) is 48.6 Å². The molecular weight excluding hydrogens is 456 g/mol. The van der Waals surface area contributed by atoms with Gasteiger partial charge in [0.2, 0.25) is 5.91 Å². The second kappa shape index (κ2) is 10.3. The summed E-state index contributed by atoms with van der Waals surface area (Å²) in [5, 5.41) is 3.03. The van der Waals surface area contributed by atoms with E-state index >= 15 is 0 Å². The number of nitrogens with zero attached hydrogens (tertiary/aromatic N) is 5. The first-order chi connectivity index (χ1) is 17.5. The van der Waals surface area contributed by atoms with E-state index in [0.29, 0.717) is 17.7 Å². The molecule has 3 heterocycles. The molecule has 9 heteroatoms. The van der Waals surface area contributed by atoms with Gasteiger partial charge >= 0.3 is 5.69 Å². The lowest BCUT2D eigenvalue weighted by atomic mass is 10.2. The van der Waals surface area contributed by atoms with Crippen LogP contribution in [0.15, 0.2) is 76.6 Å². The molecule has 1 unspecified atom stereocenters. The van der Waals surface area contributed by atoms with E-state index in [9.17, 15) is 14.4 Å². The Kier molecular flexibility index (Phi) is 6.81. The Balaban J connectivity index is 1.36. The second-order valence-electron chi connectivity index (χ2n) is 9.22. The Labute approximate surface area is 208 Å². The van der Waals surface area contributed by atoms with Crippen LogP contribution in [0.25, 0.3) is 11.2 Å². The van der Waals surface area contributed by atoms with E-state index in [1.165, 1.54) is 10.1 Å². The zero-order chi connectivity index (χ0) is 25.1. The topological polar surface area (TPSA) is 94.2 Å². The van der Waals surface area contributed by atoms with Gasteiger partial charge in [-0.15, -0.1) is 0 Å². The number of carbonyl (C=O) groups is 1. The van der Waals surface area contributed by atoms with Crippen LogP contribution < -0.4 is 16.6 Å². The maximum Gasteiger partial charge on any atom is 0.333 e. The van der Waals surface area contributed by atoms with Gasteiger partial charge in [0.25, 0.3) is 5.56 Å². The Morgan fingerprint density at radius 3 is 2.31 bits per heavy atom. The molecule has 1 aliphatic rings. The van der Waals surface area contributed by atoms with Gasteiger partial charge in [-0.2, -0.15) is 0 Å². The van der Waals surface area contributed by atoms with Gasteiger partial charge < -0.3 is 9.88 Å². The molecule has 1 amide bonds. The van der Waals surface area contributed by atoms with E-state index in [1.54, 1.807) is 10.9 Å². The van der Waals surface area contributed by atoms with Gasteiger partial charge in [0.1, 0.15) is 6.54 Å². The van der Waals surface area contributed by atoms with Crippen molar-refractivity contribution >= 4 is 17.1 Å². The fourth-order valence-corrected chi connectivity index (χ4v) is 4.88. The zero-order valence-electron chi connectivity index (χ0n) is 20.3. The number of hydrogen-bond acceptors (Lipinski definition) is 5. The van der Waals surface area contributed by atoms with Gasteiger partial charge in [-0.1, -0.05) is 60.7 Å². The van der Waals surface area contributed by atoms with Crippen molar-refractivity contribution in [1.29, 1.82) is 0 Å². The smallest absolute Gasteiger partial charge is 0.333 e. The molecule has 2 aromatic carbocycles. The van der Waals surface area contributed by atoms with Crippen molar-refractivity contribution in [3.05, 3.63) is 99.0 Å². The van der Waals surface area contributed by atoms with E-state index in [4.69, 9.17) is 0 Å². The largest absolute Gasteiger partial charge is 0.350 e. The van der Waals surface area contributed by atoms with Crippen molar-refractivity contribution in [2.24, 2.45) is 0 Å². The van der Waals surface area contributed by atoms with Gasteiger partial charge in [-0.3, -0.25) is 19.1 Å². The van der Waals surface area contributed by atoms with Crippen molar-refractivity contribution in [2.75, 3.05) is 13.1 Å². The molecule has 186 valence electrons. The minimum Gasteiger partial charge on any atom is -0.350 e. The first-order valence-corrected chi connectivity index (χ1v) is 12.3. The van der Waals surface area contributed by atoms with Crippen LogP contribution in [0, 0.1) is 0 Å². The Morgan fingerprint density at radius 2 is 1.64 bits per heavy atom. The van der Waals surface area contributed by atoms with Crippen LogP contribution in [0.2, 0.25) is 0 Å². The standard InChI is InChI=1S/C27H30N6O3/c1-2-31-19-28-25-24(31)26(35)33(27(36)32(25)16-21-11-7-4-8-12-21)18-23(34)29-22-13-14-30(17-22)15-20-9-5-3-6-10-20/h3-12,19,22H,2,13-18H2,1H3,(H,29,34). The highest BCUT2D eigenvalue weighted by molar-refractivity contribution is 5.77. The first-order valence-electron chi connectivity index (χ1n) is 12.3. The SMILES string of the molecule is CCn1cnc2c1c(=O)n(CC(=O)NC1CCN(Cc3ccccc3)C1)c(=O)n2Cc1ccccc1. The molecule has 4 aromatic rings. The average Bonchev–Trinajstić information content (AvgIpc) is 3.52. The normalized spacial score (nSPS) is 16.0. The minimum absolute atomic E-state index is 0.0200. The molecule has 0 saturated carbocycles. The number of benzene rings is 2. The Hall–Kier alpha value is -3.98. The summed E-state index contributed by atoms with van der Waals surface area (Å²) >= 11 is 0. The summed E-state index contributed by atoms with van der Waals surface area (Å²) in [5.41, 5.74) is 1.77. The Bertz CT molecular complexity index is 1470. The molecular formula is C27H30N6O3. The number of carbonyl (C=O) groups excluding carboxylic acids is 1. The summed E-state index contributed by atoms with van der Waals surface area (Å²) in [6.07, 6.45) is 2.39. The number of imidazole rings is 1. The van der Waals surface area contributed by atoms with E-state index in [1.807, 2.05) is 55.5 Å². The monoisotopic (exact) mass is 486 g/mol. The van der Waals surface area contributed by atoms with Crippen molar-refractivity contribution < 1.29 is 4.79 Å². The minimum atomic E-state index is -0.537. The molecule has 0 spiro atoms. The predicted molar refractivity (Wildman–Crippen MR) is 138 cm³/mol. The summed E-state index contributed by atoms with van der Waals surface area (Å²) in [6.45, 7) is 4.81. The number of likely N-dealkylation sites (tertiary alicyclic amines) is 1. The molecule has 1 fully saturated rings. The van der Waals surface area contributed by atoms with E-state index in [2.05, 4.69) is 27.3 Å². The van der Waals surface area contributed by atoms with Gasteiger partial charge in [0.15, 0.2) is 11.2 Å². The molecule has 0 radical (unpaired) electrons. The molecule has 5 rings (SSSR count). The van der Waals surface area contributed by atoms with Crippen LogP contribution in [0.4, 0.5) is 0 Å². The van der Waals surface area contributed by atoms with Gasteiger partial charge in [-0.05, 0) is 24.5 Å². The summed E-state index contributed by atoms with van der Waals surface area (Å²) in [5.74, 6) is -0.339. The highest BCUT2D eigenvalue weighted by atomic mass is 16.2. The third-order valence-corrected chi connectivity index (χ3v) is 6.70. The molecule has 1 saturated heterocycles. The van der Waals surface area contributed by atoms with E-state index < -0.39 is 11.2 Å². The lowest BCUT2D eigenvalue weighted by molar-refractivity contribution is -0.122. The lowest BCUT2D eigenvalue weighted by Crippen LogP contribution is -2.46. The average molecular weight is 487 g/mol. The van der Waals surface area contributed by atoms with Gasteiger partial charge in [0, 0.05) is 32.2 Å². The molecule has 1 aliphatic heterocycles. The molecule has 1 N–H and O–H groups in total. The second-order valence-corrected chi connectivity index (χ2v) is 9.22. The molecule has 0 bridgehead atoms. The number of aryl methyl sites for hydroxylation is 1. The van der Waals surface area contributed by atoms with Gasteiger partial charge in [-0.25, -0.2) is 14.3 Å². The third-order valence-electron chi connectivity index (χ3n) is 6.70.